The molecule has 2 aliphatic rings. The van der Waals surface area contributed by atoms with Crippen molar-refractivity contribution in [3.8, 4) is 0 Å². The van der Waals surface area contributed by atoms with E-state index in [0.29, 0.717) is 38.5 Å². The first-order chi connectivity index (χ1) is 18.8. The minimum Gasteiger partial charge on any atom is -0.456 e. The Balaban J connectivity index is 1.21. The highest BCUT2D eigenvalue weighted by molar-refractivity contribution is 7.99. The Labute approximate surface area is 227 Å². The molecule has 2 aliphatic heterocycles. The predicted molar refractivity (Wildman–Crippen MR) is 143 cm³/mol. The lowest BCUT2D eigenvalue weighted by molar-refractivity contribution is -0.147. The van der Waals surface area contributed by atoms with Crippen LogP contribution in [-0.4, -0.2) is 51.3 Å². The van der Waals surface area contributed by atoms with Gasteiger partial charge in [0.1, 0.15) is 0 Å². The Morgan fingerprint density at radius 2 is 1.56 bits per heavy atom. The number of carbonyl (C=O) groups excluding carboxylic acids is 2. The van der Waals surface area contributed by atoms with E-state index in [1.54, 1.807) is 11.8 Å². The summed E-state index contributed by atoms with van der Waals surface area (Å²) < 4.78 is 50.5. The van der Waals surface area contributed by atoms with Crippen LogP contribution in [0.4, 0.5) is 35.9 Å². The van der Waals surface area contributed by atoms with Gasteiger partial charge in [-0.2, -0.15) is 13.2 Å². The van der Waals surface area contributed by atoms with Crippen molar-refractivity contribution in [1.29, 1.82) is 0 Å². The summed E-state index contributed by atoms with van der Waals surface area (Å²) in [7, 11) is 0. The lowest BCUT2D eigenvalue weighted by atomic mass is 10.1. The zero-order valence-electron chi connectivity index (χ0n) is 20.9. The molecule has 1 saturated heterocycles. The maximum Gasteiger partial charge on any atom is 0.416 e. The largest absolute Gasteiger partial charge is 0.456 e. The van der Waals surface area contributed by atoms with Crippen molar-refractivity contribution < 1.29 is 32.2 Å². The number of halogens is 3. The molecule has 5 rings (SSSR count). The first-order valence-electron chi connectivity index (χ1n) is 12.4. The SMILES string of the molecule is O=C(COC(=O)CCN1c2ccccc2Sc2ccccc21)Nc1cc(C(F)(F)F)ccc1N1CCOCC1. The molecule has 0 spiro atoms. The van der Waals surface area contributed by atoms with Gasteiger partial charge in [-0.25, -0.2) is 0 Å². The molecule has 2 heterocycles. The maximum absolute atomic E-state index is 13.3. The number of benzene rings is 3. The molecule has 0 saturated carbocycles. The minimum atomic E-state index is -4.57. The number of hydrogen-bond acceptors (Lipinski definition) is 7. The monoisotopic (exact) mass is 557 g/mol. The van der Waals surface area contributed by atoms with E-state index >= 15 is 0 Å². The number of carbonyl (C=O) groups is 2. The Hall–Kier alpha value is -3.70. The van der Waals surface area contributed by atoms with Crippen LogP contribution in [0.25, 0.3) is 0 Å². The summed E-state index contributed by atoms with van der Waals surface area (Å²) >= 11 is 1.66. The van der Waals surface area contributed by atoms with Crippen molar-refractivity contribution in [3.63, 3.8) is 0 Å². The lowest BCUT2D eigenvalue weighted by Gasteiger charge is -2.32. The third kappa shape index (κ3) is 6.31. The first kappa shape index (κ1) is 26.9. The van der Waals surface area contributed by atoms with Gasteiger partial charge in [-0.15, -0.1) is 0 Å². The van der Waals surface area contributed by atoms with Crippen LogP contribution in [0.15, 0.2) is 76.5 Å². The van der Waals surface area contributed by atoms with Crippen LogP contribution in [0.2, 0.25) is 0 Å². The van der Waals surface area contributed by atoms with Gasteiger partial charge in [0.05, 0.1) is 47.9 Å². The van der Waals surface area contributed by atoms with Gasteiger partial charge in [0.15, 0.2) is 6.61 Å². The van der Waals surface area contributed by atoms with Crippen LogP contribution in [-0.2, 0) is 25.2 Å². The molecule has 1 amide bonds. The van der Waals surface area contributed by atoms with Crippen molar-refractivity contribution >= 4 is 46.4 Å². The molecular formula is C28H26F3N3O4S. The van der Waals surface area contributed by atoms with Crippen molar-refractivity contribution in [2.24, 2.45) is 0 Å². The molecule has 1 fully saturated rings. The molecule has 1 N–H and O–H groups in total. The molecule has 0 unspecified atom stereocenters. The fourth-order valence-corrected chi connectivity index (χ4v) is 5.62. The molecule has 0 aliphatic carbocycles. The molecule has 0 radical (unpaired) electrons. The molecule has 7 nitrogen and oxygen atoms in total. The van der Waals surface area contributed by atoms with E-state index < -0.39 is 30.2 Å². The van der Waals surface area contributed by atoms with Crippen LogP contribution in [0.5, 0.6) is 0 Å². The minimum absolute atomic E-state index is 0.00630. The number of amides is 1. The number of para-hydroxylation sites is 2. The van der Waals surface area contributed by atoms with E-state index in [1.165, 1.54) is 6.07 Å². The molecule has 3 aromatic carbocycles. The Morgan fingerprint density at radius 1 is 0.923 bits per heavy atom. The number of alkyl halides is 3. The highest BCUT2D eigenvalue weighted by atomic mass is 32.2. The van der Waals surface area contributed by atoms with Gasteiger partial charge in [-0.05, 0) is 42.5 Å². The summed E-state index contributed by atoms with van der Waals surface area (Å²) in [6.07, 6.45) is -4.55. The van der Waals surface area contributed by atoms with E-state index in [1.807, 2.05) is 58.3 Å². The number of nitrogens with one attached hydrogen (secondary N) is 1. The van der Waals surface area contributed by atoms with Crippen LogP contribution in [0.1, 0.15) is 12.0 Å². The second-order valence-corrected chi connectivity index (χ2v) is 10.1. The van der Waals surface area contributed by atoms with E-state index in [0.717, 1.165) is 33.3 Å². The van der Waals surface area contributed by atoms with Crippen molar-refractivity contribution in [3.05, 3.63) is 72.3 Å². The number of nitrogens with zero attached hydrogens (tertiary/aromatic N) is 2. The second-order valence-electron chi connectivity index (χ2n) is 8.98. The van der Waals surface area contributed by atoms with Crippen molar-refractivity contribution in [1.82, 2.24) is 0 Å². The van der Waals surface area contributed by atoms with Crippen LogP contribution in [0, 0.1) is 0 Å². The first-order valence-corrected chi connectivity index (χ1v) is 13.2. The lowest BCUT2D eigenvalue weighted by Crippen LogP contribution is -2.37. The molecule has 11 heteroatoms. The highest BCUT2D eigenvalue weighted by Crippen LogP contribution is 2.47. The van der Waals surface area contributed by atoms with E-state index in [2.05, 4.69) is 5.32 Å². The summed E-state index contributed by atoms with van der Waals surface area (Å²) in [5.74, 6) is -1.31. The van der Waals surface area contributed by atoms with Gasteiger partial charge in [0, 0.05) is 29.4 Å². The number of hydrogen-bond donors (Lipinski definition) is 1. The summed E-state index contributed by atoms with van der Waals surface area (Å²) in [6.45, 7) is 1.53. The Bertz CT molecular complexity index is 1320. The van der Waals surface area contributed by atoms with Crippen LogP contribution >= 0.6 is 11.8 Å². The van der Waals surface area contributed by atoms with Gasteiger partial charge in [-0.1, -0.05) is 36.0 Å². The molecule has 204 valence electrons. The van der Waals surface area contributed by atoms with E-state index in [-0.39, 0.29) is 12.1 Å². The molecule has 0 aromatic heterocycles. The molecule has 0 bridgehead atoms. The van der Waals surface area contributed by atoms with Gasteiger partial charge < -0.3 is 24.6 Å². The molecule has 0 atom stereocenters. The number of rotatable bonds is 7. The standard InChI is InChI=1S/C28H26F3N3O4S/c29-28(30,31)19-9-10-21(33-13-15-37-16-14-33)20(17-19)32-26(35)18-38-27(36)11-12-34-22-5-1-3-7-24(22)39-25-8-4-2-6-23(25)34/h1-10,17H,11-16,18H2,(H,32,35). The third-order valence-corrected chi connectivity index (χ3v) is 7.52. The van der Waals surface area contributed by atoms with Gasteiger partial charge in [-0.3, -0.25) is 9.59 Å². The smallest absolute Gasteiger partial charge is 0.416 e. The van der Waals surface area contributed by atoms with Gasteiger partial charge in [0.2, 0.25) is 0 Å². The van der Waals surface area contributed by atoms with Crippen molar-refractivity contribution in [2.45, 2.75) is 22.4 Å². The summed E-state index contributed by atoms with van der Waals surface area (Å²) in [5.41, 5.74) is 1.53. The average Bonchev–Trinajstić information content (AvgIpc) is 2.94. The van der Waals surface area contributed by atoms with Gasteiger partial charge >= 0.3 is 12.1 Å². The Kier molecular flexibility index (Phi) is 7.99. The van der Waals surface area contributed by atoms with Gasteiger partial charge in [0.25, 0.3) is 5.91 Å². The zero-order valence-corrected chi connectivity index (χ0v) is 21.7. The maximum atomic E-state index is 13.3. The van der Waals surface area contributed by atoms with E-state index in [4.69, 9.17) is 9.47 Å². The summed E-state index contributed by atoms with van der Waals surface area (Å²) in [5, 5.41) is 2.50. The van der Waals surface area contributed by atoms with Crippen molar-refractivity contribution in [2.75, 3.05) is 54.6 Å². The molecule has 3 aromatic rings. The number of ether oxygens (including phenoxy) is 2. The second kappa shape index (κ2) is 11.6. The molecule has 39 heavy (non-hydrogen) atoms. The van der Waals surface area contributed by atoms with E-state index in [9.17, 15) is 22.8 Å². The van der Waals surface area contributed by atoms with Crippen LogP contribution in [0.3, 0.4) is 0 Å². The number of anilines is 4. The number of esters is 1. The average molecular weight is 558 g/mol. The topological polar surface area (TPSA) is 71.1 Å². The summed E-state index contributed by atoms with van der Waals surface area (Å²) in [6, 6.07) is 19.0. The van der Waals surface area contributed by atoms with Crippen LogP contribution < -0.4 is 15.1 Å². The summed E-state index contributed by atoms with van der Waals surface area (Å²) in [4.78, 5) is 31.2. The predicted octanol–water partition coefficient (Wildman–Crippen LogP) is 5.72. The fourth-order valence-electron chi connectivity index (χ4n) is 4.52. The number of fused-ring (bicyclic) bond motifs is 2. The normalized spacial score (nSPS) is 14.8. The Morgan fingerprint density at radius 3 is 2.21 bits per heavy atom. The third-order valence-electron chi connectivity index (χ3n) is 6.39. The zero-order chi connectivity index (χ0) is 27.4. The fraction of sp³-hybridized carbons (Fsp3) is 0.286. The molecular weight excluding hydrogens is 531 g/mol. The highest BCUT2D eigenvalue weighted by Gasteiger charge is 2.32. The quantitative estimate of drug-likeness (QED) is 0.373. The number of morpholine rings is 1.